The molecule has 5 rings (SSSR count). The van der Waals surface area contributed by atoms with Crippen LogP contribution >= 0.6 is 11.8 Å². The van der Waals surface area contributed by atoms with Gasteiger partial charge in [-0.1, -0.05) is 0 Å². The maximum Gasteiger partial charge on any atom is 0.446 e. The molecule has 0 unspecified atom stereocenters. The topological polar surface area (TPSA) is 104 Å². The molecule has 36 heavy (non-hydrogen) atoms. The van der Waals surface area contributed by atoms with Gasteiger partial charge in [0, 0.05) is 31.4 Å². The molecule has 1 aliphatic carbocycles. The van der Waals surface area contributed by atoms with Gasteiger partial charge < -0.3 is 15.3 Å². The maximum absolute atomic E-state index is 14.7. The number of alkyl halides is 5. The van der Waals surface area contributed by atoms with Crippen LogP contribution in [0.15, 0.2) is 22.2 Å². The minimum absolute atomic E-state index is 0.0717. The summed E-state index contributed by atoms with van der Waals surface area (Å²) in [5, 5.41) is 12.9. The molecule has 1 saturated carbocycles. The van der Waals surface area contributed by atoms with Crippen LogP contribution < -0.4 is 10.2 Å². The number of thioether (sulfide) groups is 1. The molecule has 196 valence electrons. The number of anilines is 2. The number of hydrogen-bond donors (Lipinski definition) is 2. The fourth-order valence-electron chi connectivity index (χ4n) is 4.67. The van der Waals surface area contributed by atoms with Crippen LogP contribution in [0.2, 0.25) is 0 Å². The predicted molar refractivity (Wildman–Crippen MR) is 123 cm³/mol. The van der Waals surface area contributed by atoms with Crippen LogP contribution in [0.1, 0.15) is 49.5 Å². The number of aromatic nitrogens is 4. The summed E-state index contributed by atoms with van der Waals surface area (Å²) in [6, 6.07) is 0. The van der Waals surface area contributed by atoms with Gasteiger partial charge in [-0.15, -0.1) is 0 Å². The summed E-state index contributed by atoms with van der Waals surface area (Å²) in [5.41, 5.74) is -5.65. The molecule has 3 aliphatic rings. The SMILES string of the molecule is O=[S@]1CC(F)(F)c2nc(N3CCC(c4ncc(SC(F)(F)F)cn4)CC3)nc(NC3(CO)CCC3)c21. The van der Waals surface area contributed by atoms with E-state index < -0.39 is 39.2 Å². The van der Waals surface area contributed by atoms with E-state index >= 15 is 0 Å². The Balaban J connectivity index is 1.35. The third kappa shape index (κ3) is 5.01. The predicted octanol–water partition coefficient (Wildman–Crippen LogP) is 3.80. The second-order valence-electron chi connectivity index (χ2n) is 9.25. The van der Waals surface area contributed by atoms with Gasteiger partial charge in [0.05, 0.1) is 33.6 Å². The molecular formula is C21H23F5N6O2S2. The van der Waals surface area contributed by atoms with E-state index in [-0.39, 0.29) is 45.8 Å². The zero-order valence-electron chi connectivity index (χ0n) is 18.9. The third-order valence-corrected chi connectivity index (χ3v) is 8.91. The average Bonchev–Trinajstić information content (AvgIpc) is 3.04. The molecule has 0 spiro atoms. The van der Waals surface area contributed by atoms with Gasteiger partial charge in [-0.25, -0.2) is 15.0 Å². The Morgan fingerprint density at radius 2 is 1.83 bits per heavy atom. The lowest BCUT2D eigenvalue weighted by atomic mass is 9.77. The van der Waals surface area contributed by atoms with Gasteiger partial charge in [0.15, 0.2) is 0 Å². The molecule has 15 heteroatoms. The number of aliphatic hydroxyl groups is 1. The zero-order chi connectivity index (χ0) is 25.7. The molecule has 4 heterocycles. The van der Waals surface area contributed by atoms with Crippen molar-refractivity contribution in [2.75, 3.05) is 35.7 Å². The summed E-state index contributed by atoms with van der Waals surface area (Å²) in [6.07, 6.45) is 5.51. The Morgan fingerprint density at radius 3 is 2.39 bits per heavy atom. The third-order valence-electron chi connectivity index (χ3n) is 6.76. The molecule has 0 bridgehead atoms. The highest BCUT2D eigenvalue weighted by Gasteiger charge is 2.49. The van der Waals surface area contributed by atoms with Crippen LogP contribution in [0.4, 0.5) is 33.7 Å². The van der Waals surface area contributed by atoms with Crippen molar-refractivity contribution in [2.45, 2.75) is 64.8 Å². The van der Waals surface area contributed by atoms with Gasteiger partial charge in [0.1, 0.15) is 22.2 Å². The molecule has 8 nitrogen and oxygen atoms in total. The Bertz CT molecular complexity index is 1150. The van der Waals surface area contributed by atoms with E-state index in [9.17, 15) is 31.3 Å². The van der Waals surface area contributed by atoms with Crippen molar-refractivity contribution in [3.63, 3.8) is 0 Å². The Kier molecular flexibility index (Phi) is 6.60. The summed E-state index contributed by atoms with van der Waals surface area (Å²) >= 11 is -0.279. The lowest BCUT2D eigenvalue weighted by Gasteiger charge is -2.42. The molecule has 2 N–H and O–H groups in total. The van der Waals surface area contributed by atoms with Crippen molar-refractivity contribution in [1.29, 1.82) is 0 Å². The molecule has 0 amide bonds. The molecule has 2 aromatic heterocycles. The van der Waals surface area contributed by atoms with E-state index in [1.807, 2.05) is 0 Å². The second-order valence-corrected chi connectivity index (χ2v) is 11.8. The molecule has 1 saturated heterocycles. The van der Waals surface area contributed by atoms with Crippen LogP contribution in [-0.4, -0.2) is 65.7 Å². The molecule has 2 aliphatic heterocycles. The van der Waals surface area contributed by atoms with E-state index in [1.165, 1.54) is 0 Å². The Morgan fingerprint density at radius 1 is 1.17 bits per heavy atom. The molecule has 0 aromatic carbocycles. The van der Waals surface area contributed by atoms with Crippen LogP contribution in [0.3, 0.4) is 0 Å². The van der Waals surface area contributed by atoms with Crippen LogP contribution in [0, 0.1) is 0 Å². The Hall–Kier alpha value is -2.13. The summed E-state index contributed by atoms with van der Waals surface area (Å²) in [5.74, 6) is -3.75. The largest absolute Gasteiger partial charge is 0.446 e. The van der Waals surface area contributed by atoms with Crippen molar-refractivity contribution < 1.29 is 31.3 Å². The van der Waals surface area contributed by atoms with E-state index in [4.69, 9.17) is 0 Å². The number of rotatable bonds is 6. The number of aliphatic hydroxyl groups excluding tert-OH is 1. The average molecular weight is 551 g/mol. The van der Waals surface area contributed by atoms with Crippen LogP contribution in [-0.2, 0) is 16.7 Å². The molecule has 1 atom stereocenters. The van der Waals surface area contributed by atoms with E-state index in [0.717, 1.165) is 18.8 Å². The quantitative estimate of drug-likeness (QED) is 0.411. The molecule has 2 aromatic rings. The first-order chi connectivity index (χ1) is 17.0. The summed E-state index contributed by atoms with van der Waals surface area (Å²) < 4.78 is 79.5. The summed E-state index contributed by atoms with van der Waals surface area (Å²) in [6.45, 7) is 0.589. The minimum atomic E-state index is -4.42. The van der Waals surface area contributed by atoms with Crippen LogP contribution in [0.25, 0.3) is 0 Å². The maximum atomic E-state index is 14.7. The number of nitrogens with one attached hydrogen (secondary N) is 1. The highest BCUT2D eigenvalue weighted by atomic mass is 32.2. The zero-order valence-corrected chi connectivity index (χ0v) is 20.5. The smallest absolute Gasteiger partial charge is 0.394 e. The molecule has 0 radical (unpaired) electrons. The van der Waals surface area contributed by atoms with Gasteiger partial charge >= 0.3 is 11.4 Å². The van der Waals surface area contributed by atoms with E-state index in [1.54, 1.807) is 4.90 Å². The highest BCUT2D eigenvalue weighted by molar-refractivity contribution is 8.00. The molecule has 2 fully saturated rings. The Labute approximate surface area is 210 Å². The van der Waals surface area contributed by atoms with Crippen molar-refractivity contribution in [3.05, 3.63) is 23.9 Å². The monoisotopic (exact) mass is 550 g/mol. The minimum Gasteiger partial charge on any atom is -0.394 e. The van der Waals surface area contributed by atoms with Gasteiger partial charge in [0.2, 0.25) is 5.95 Å². The number of halogens is 5. The number of nitrogens with zero attached hydrogens (tertiary/aromatic N) is 5. The normalized spacial score (nSPS) is 23.3. The van der Waals surface area contributed by atoms with Gasteiger partial charge in [-0.05, 0) is 43.9 Å². The first kappa shape index (κ1) is 25.5. The number of fused-ring (bicyclic) bond motifs is 1. The first-order valence-electron chi connectivity index (χ1n) is 11.4. The summed E-state index contributed by atoms with van der Waals surface area (Å²) in [7, 11) is -1.97. The fourth-order valence-corrected chi connectivity index (χ4v) is 6.48. The van der Waals surface area contributed by atoms with Crippen molar-refractivity contribution >= 4 is 34.3 Å². The van der Waals surface area contributed by atoms with Gasteiger partial charge in [-0.2, -0.15) is 26.9 Å². The van der Waals surface area contributed by atoms with Gasteiger partial charge in [0.25, 0.3) is 0 Å². The van der Waals surface area contributed by atoms with E-state index in [2.05, 4.69) is 25.3 Å². The van der Waals surface area contributed by atoms with Crippen molar-refractivity contribution in [1.82, 2.24) is 19.9 Å². The summed E-state index contributed by atoms with van der Waals surface area (Å²) in [4.78, 5) is 18.3. The van der Waals surface area contributed by atoms with Crippen molar-refractivity contribution in [2.24, 2.45) is 0 Å². The van der Waals surface area contributed by atoms with Crippen molar-refractivity contribution in [3.8, 4) is 0 Å². The standard InChI is InChI=1S/C21H23F5N6O2S2/c22-20(23)11-36(34)14-15(20)29-18(30-17(14)31-19(10-33)4-1-5-19)32-6-2-12(3-7-32)16-27-8-13(9-28-16)35-21(24,25)26/h8-9,12,33H,1-7,10-11H2,(H,29,30,31)/t36-/m0/s1. The number of hydrogen-bond acceptors (Lipinski definition) is 9. The number of piperidine rings is 1. The lowest BCUT2D eigenvalue weighted by Crippen LogP contribution is -2.49. The lowest BCUT2D eigenvalue weighted by molar-refractivity contribution is -0.0328. The van der Waals surface area contributed by atoms with E-state index in [0.29, 0.717) is 44.6 Å². The fraction of sp³-hybridized carbons (Fsp3) is 0.619. The molecular weight excluding hydrogens is 527 g/mol. The highest BCUT2D eigenvalue weighted by Crippen LogP contribution is 2.45. The second kappa shape index (κ2) is 9.31. The van der Waals surface area contributed by atoms with Gasteiger partial charge in [-0.3, -0.25) is 4.21 Å². The van der Waals surface area contributed by atoms with Crippen LogP contribution in [0.5, 0.6) is 0 Å². The first-order valence-corrected chi connectivity index (χ1v) is 13.5.